The van der Waals surface area contributed by atoms with E-state index in [1.54, 1.807) is 0 Å². The Bertz CT molecular complexity index is 2830. The molecule has 0 fully saturated rings. The van der Waals surface area contributed by atoms with Gasteiger partial charge >= 0.3 is 0 Å². The van der Waals surface area contributed by atoms with Crippen molar-refractivity contribution in [1.29, 1.82) is 0 Å². The predicted molar refractivity (Wildman–Crippen MR) is 210 cm³/mol. The fraction of sp³-hybridized carbons (Fsp3) is 0. The average molecular weight is 644 g/mol. The molecule has 10 rings (SSSR count). The van der Waals surface area contributed by atoms with Crippen LogP contribution in [0.2, 0.25) is 0 Å². The maximum atomic E-state index is 6.17. The lowest BCUT2D eigenvalue weighted by molar-refractivity contribution is 0.669. The minimum Gasteiger partial charge on any atom is -0.456 e. The van der Waals surface area contributed by atoms with E-state index in [9.17, 15) is 0 Å². The molecule has 0 aliphatic carbocycles. The Morgan fingerprint density at radius 1 is 0.347 bits per heavy atom. The number of anilines is 3. The molecule has 0 saturated carbocycles. The summed E-state index contributed by atoms with van der Waals surface area (Å²) in [5.74, 6) is 0. The smallest absolute Gasteiger partial charge is 0.136 e. The largest absolute Gasteiger partial charge is 0.456 e. The normalized spacial score (nSPS) is 11.7. The quantitative estimate of drug-likeness (QED) is 0.186. The van der Waals surface area contributed by atoms with Gasteiger partial charge in [0.25, 0.3) is 0 Å². The zero-order valence-electron chi connectivity index (χ0n) is 26.5. The molecule has 0 radical (unpaired) electrons. The van der Waals surface area contributed by atoms with Gasteiger partial charge < -0.3 is 9.32 Å². The Kier molecular flexibility index (Phi) is 6.39. The van der Waals surface area contributed by atoms with Gasteiger partial charge in [0.15, 0.2) is 0 Å². The molecule has 2 nitrogen and oxygen atoms in total. The van der Waals surface area contributed by atoms with Crippen molar-refractivity contribution < 1.29 is 4.42 Å². The first kappa shape index (κ1) is 27.9. The van der Waals surface area contributed by atoms with Crippen molar-refractivity contribution in [2.45, 2.75) is 0 Å². The van der Waals surface area contributed by atoms with E-state index in [2.05, 4.69) is 169 Å². The zero-order chi connectivity index (χ0) is 32.3. The molecule has 49 heavy (non-hydrogen) atoms. The highest BCUT2D eigenvalue weighted by Gasteiger charge is 2.16. The summed E-state index contributed by atoms with van der Waals surface area (Å²) in [5.41, 5.74) is 9.97. The van der Waals surface area contributed by atoms with Gasteiger partial charge in [0.2, 0.25) is 0 Å². The Hall–Kier alpha value is -6.16. The topological polar surface area (TPSA) is 16.4 Å². The second kappa shape index (κ2) is 11.2. The van der Waals surface area contributed by atoms with E-state index in [0.717, 1.165) is 39.0 Å². The van der Waals surface area contributed by atoms with Gasteiger partial charge in [-0.05, 0) is 106 Å². The molecule has 2 aromatic heterocycles. The van der Waals surface area contributed by atoms with Crippen molar-refractivity contribution in [2.24, 2.45) is 0 Å². The van der Waals surface area contributed by atoms with Crippen LogP contribution in [0.4, 0.5) is 17.1 Å². The highest BCUT2D eigenvalue weighted by molar-refractivity contribution is 7.25. The molecule has 0 N–H and O–H groups in total. The maximum Gasteiger partial charge on any atom is 0.136 e. The van der Waals surface area contributed by atoms with Crippen LogP contribution in [0.3, 0.4) is 0 Å². The fourth-order valence-corrected chi connectivity index (χ4v) is 8.29. The van der Waals surface area contributed by atoms with E-state index in [4.69, 9.17) is 4.42 Å². The molecule has 0 aliphatic rings. The summed E-state index contributed by atoms with van der Waals surface area (Å²) >= 11 is 1.85. The average Bonchev–Trinajstić information content (AvgIpc) is 3.72. The number of thiophene rings is 1. The molecule has 8 aromatic carbocycles. The zero-order valence-corrected chi connectivity index (χ0v) is 27.3. The Morgan fingerprint density at radius 2 is 1.02 bits per heavy atom. The Balaban J connectivity index is 1.11. The number of fused-ring (bicyclic) bond motifs is 7. The summed E-state index contributed by atoms with van der Waals surface area (Å²) in [4.78, 5) is 2.38. The third kappa shape index (κ3) is 4.78. The monoisotopic (exact) mass is 643 g/mol. The van der Waals surface area contributed by atoms with Crippen LogP contribution in [0, 0.1) is 0 Å². The summed E-state index contributed by atoms with van der Waals surface area (Å²) in [7, 11) is 0. The van der Waals surface area contributed by atoms with Crippen LogP contribution in [0.5, 0.6) is 0 Å². The Labute approximate surface area is 287 Å². The highest BCUT2D eigenvalue weighted by Crippen LogP contribution is 2.42. The summed E-state index contributed by atoms with van der Waals surface area (Å²) in [6.45, 7) is 0. The number of hydrogen-bond acceptors (Lipinski definition) is 3. The van der Waals surface area contributed by atoms with E-state index < -0.39 is 0 Å². The van der Waals surface area contributed by atoms with E-state index in [1.165, 1.54) is 53.2 Å². The molecule has 0 spiro atoms. The van der Waals surface area contributed by atoms with E-state index in [1.807, 2.05) is 23.5 Å². The number of hydrogen-bond donors (Lipinski definition) is 0. The van der Waals surface area contributed by atoms with E-state index in [0.29, 0.717) is 0 Å². The SMILES string of the molecule is c1ccc(-c2ccc(N(c3cccc(-c4ccc5cc6oc7ccccc7c6cc5c4)c3)c3ccc4sc5ccccc5c4c3)cc2)cc1. The number of benzene rings is 8. The minimum absolute atomic E-state index is 0.922. The van der Waals surface area contributed by atoms with Crippen LogP contribution in [0.1, 0.15) is 0 Å². The van der Waals surface area contributed by atoms with Crippen LogP contribution in [-0.2, 0) is 0 Å². The molecule has 10 aromatic rings. The third-order valence-electron chi connectivity index (χ3n) is 9.62. The standard InChI is InChI=1S/C46H29NOS/c1-2-9-30(10-3-1)31-19-21-36(22-20-31)47(38-23-24-46-42(29-38)40-14-5-7-16-45(40)49-46)37-12-8-11-32(26-37)33-17-18-34-28-44-41(27-35(34)25-33)39-13-4-6-15-43(39)48-44/h1-29H. The number of para-hydroxylation sites is 1. The lowest BCUT2D eigenvalue weighted by Gasteiger charge is -2.26. The first-order valence-electron chi connectivity index (χ1n) is 16.6. The lowest BCUT2D eigenvalue weighted by Crippen LogP contribution is -2.10. The second-order valence-corrected chi connectivity index (χ2v) is 13.7. The highest BCUT2D eigenvalue weighted by atomic mass is 32.1. The number of furan rings is 1. The van der Waals surface area contributed by atoms with Gasteiger partial charge in [-0.15, -0.1) is 11.3 Å². The van der Waals surface area contributed by atoms with Gasteiger partial charge in [0.05, 0.1) is 0 Å². The van der Waals surface area contributed by atoms with Crippen molar-refractivity contribution >= 4 is 81.3 Å². The van der Waals surface area contributed by atoms with Crippen LogP contribution in [-0.4, -0.2) is 0 Å². The molecular formula is C46H29NOS. The van der Waals surface area contributed by atoms with Gasteiger partial charge in [-0.3, -0.25) is 0 Å². The molecule has 230 valence electrons. The first-order valence-corrected chi connectivity index (χ1v) is 17.4. The molecule has 0 unspecified atom stereocenters. The number of rotatable bonds is 5. The summed E-state index contributed by atoms with van der Waals surface area (Å²) in [6.07, 6.45) is 0. The van der Waals surface area contributed by atoms with Gasteiger partial charge in [-0.1, -0.05) is 103 Å². The van der Waals surface area contributed by atoms with Gasteiger partial charge in [0, 0.05) is 48.0 Å². The molecule has 0 saturated heterocycles. The van der Waals surface area contributed by atoms with Crippen molar-refractivity contribution in [1.82, 2.24) is 0 Å². The summed E-state index contributed by atoms with van der Waals surface area (Å²) in [6, 6.07) is 63.4. The second-order valence-electron chi connectivity index (χ2n) is 12.6. The maximum absolute atomic E-state index is 6.17. The molecular weight excluding hydrogens is 615 g/mol. The molecule has 2 heterocycles. The van der Waals surface area contributed by atoms with Gasteiger partial charge in [0.1, 0.15) is 11.2 Å². The summed E-state index contributed by atoms with van der Waals surface area (Å²) in [5, 5.41) is 7.25. The number of nitrogens with zero attached hydrogens (tertiary/aromatic N) is 1. The third-order valence-corrected chi connectivity index (χ3v) is 10.8. The van der Waals surface area contributed by atoms with Crippen LogP contribution in [0.15, 0.2) is 180 Å². The van der Waals surface area contributed by atoms with Crippen molar-refractivity contribution in [3.8, 4) is 22.3 Å². The van der Waals surface area contributed by atoms with Crippen molar-refractivity contribution in [2.75, 3.05) is 4.90 Å². The summed E-state index contributed by atoms with van der Waals surface area (Å²) < 4.78 is 8.79. The van der Waals surface area contributed by atoms with Gasteiger partial charge in [-0.2, -0.15) is 0 Å². The molecule has 0 aliphatic heterocycles. The minimum atomic E-state index is 0.922. The lowest BCUT2D eigenvalue weighted by atomic mass is 9.99. The fourth-order valence-electron chi connectivity index (χ4n) is 7.21. The van der Waals surface area contributed by atoms with Crippen molar-refractivity contribution in [3.05, 3.63) is 176 Å². The molecule has 3 heteroatoms. The van der Waals surface area contributed by atoms with Crippen molar-refractivity contribution in [3.63, 3.8) is 0 Å². The molecule has 0 atom stereocenters. The van der Waals surface area contributed by atoms with E-state index in [-0.39, 0.29) is 0 Å². The van der Waals surface area contributed by atoms with Crippen LogP contribution in [0.25, 0.3) is 75.1 Å². The van der Waals surface area contributed by atoms with E-state index >= 15 is 0 Å². The van der Waals surface area contributed by atoms with Crippen LogP contribution >= 0.6 is 11.3 Å². The Morgan fingerprint density at radius 3 is 1.92 bits per heavy atom. The molecule has 0 amide bonds. The first-order chi connectivity index (χ1) is 24.2. The predicted octanol–water partition coefficient (Wildman–Crippen LogP) is 13.9. The van der Waals surface area contributed by atoms with Crippen LogP contribution < -0.4 is 4.90 Å². The van der Waals surface area contributed by atoms with Gasteiger partial charge in [-0.25, -0.2) is 0 Å². The molecule has 0 bridgehead atoms.